The zero-order chi connectivity index (χ0) is 13.4. The normalized spacial score (nSPS) is 10.7. The third-order valence-electron chi connectivity index (χ3n) is 3.15. The first-order valence-corrected chi connectivity index (χ1v) is 6.97. The first-order valence-electron chi connectivity index (χ1n) is 6.97. The van der Waals surface area contributed by atoms with E-state index < -0.39 is 0 Å². The summed E-state index contributed by atoms with van der Waals surface area (Å²) in [5, 5.41) is 3.38. The fourth-order valence-electron chi connectivity index (χ4n) is 2.01. The second-order valence-electron chi connectivity index (χ2n) is 4.49. The van der Waals surface area contributed by atoms with E-state index in [9.17, 15) is 4.39 Å². The Hall–Kier alpha value is -1.09. The van der Waals surface area contributed by atoms with Crippen molar-refractivity contribution >= 4 is 5.69 Å². The minimum Gasteiger partial charge on any atom is -0.370 e. The molecule has 102 valence electrons. The highest BCUT2D eigenvalue weighted by Crippen LogP contribution is 2.20. The lowest BCUT2D eigenvalue weighted by Crippen LogP contribution is -2.23. The highest BCUT2D eigenvalue weighted by Gasteiger charge is 2.09. The molecule has 0 saturated carbocycles. The maximum atomic E-state index is 13.8. The second kappa shape index (κ2) is 8.09. The van der Waals surface area contributed by atoms with Crippen LogP contribution in [0.25, 0.3) is 0 Å². The third kappa shape index (κ3) is 4.30. The van der Waals surface area contributed by atoms with Crippen molar-refractivity contribution < 1.29 is 4.39 Å². The van der Waals surface area contributed by atoms with Crippen LogP contribution < -0.4 is 10.2 Å². The smallest absolute Gasteiger partial charge is 0.146 e. The summed E-state index contributed by atoms with van der Waals surface area (Å²) in [6.07, 6.45) is 2.38. The summed E-state index contributed by atoms with van der Waals surface area (Å²) >= 11 is 0. The Kier molecular flexibility index (Phi) is 6.73. The summed E-state index contributed by atoms with van der Waals surface area (Å²) in [6.45, 7) is 9.78. The van der Waals surface area contributed by atoms with E-state index in [1.165, 1.54) is 12.8 Å². The van der Waals surface area contributed by atoms with Gasteiger partial charge in [-0.05, 0) is 44.5 Å². The number of nitrogens with one attached hydrogen (secondary N) is 1. The molecule has 0 heterocycles. The molecular weight excluding hydrogens is 227 g/mol. The minimum absolute atomic E-state index is 0.129. The second-order valence-corrected chi connectivity index (χ2v) is 4.49. The minimum atomic E-state index is -0.129. The van der Waals surface area contributed by atoms with Crippen LogP contribution in [0.5, 0.6) is 0 Å². The Bertz CT molecular complexity index is 348. The largest absolute Gasteiger partial charge is 0.370 e. The van der Waals surface area contributed by atoms with Crippen molar-refractivity contribution in [3.05, 3.63) is 29.6 Å². The Morgan fingerprint density at radius 1 is 1.17 bits per heavy atom. The Morgan fingerprint density at radius 2 is 1.89 bits per heavy atom. The van der Waals surface area contributed by atoms with E-state index in [1.807, 2.05) is 17.0 Å². The zero-order valence-corrected chi connectivity index (χ0v) is 11.8. The maximum absolute atomic E-state index is 13.8. The molecule has 0 radical (unpaired) electrons. The Morgan fingerprint density at radius 3 is 2.50 bits per heavy atom. The van der Waals surface area contributed by atoms with Gasteiger partial charge >= 0.3 is 0 Å². The molecule has 0 bridgehead atoms. The monoisotopic (exact) mass is 252 g/mol. The molecule has 0 aliphatic rings. The molecule has 1 rings (SSSR count). The molecule has 0 amide bonds. The zero-order valence-electron chi connectivity index (χ0n) is 11.8. The van der Waals surface area contributed by atoms with Crippen molar-refractivity contribution in [2.45, 2.75) is 40.2 Å². The molecule has 0 spiro atoms. The van der Waals surface area contributed by atoms with Crippen LogP contribution in [0, 0.1) is 5.82 Å². The van der Waals surface area contributed by atoms with Gasteiger partial charge in [0.2, 0.25) is 0 Å². The van der Waals surface area contributed by atoms with E-state index in [-0.39, 0.29) is 5.82 Å². The number of rotatable bonds is 8. The van der Waals surface area contributed by atoms with Crippen molar-refractivity contribution in [3.8, 4) is 0 Å². The molecule has 0 atom stereocenters. The summed E-state index contributed by atoms with van der Waals surface area (Å²) < 4.78 is 13.8. The van der Waals surface area contributed by atoms with Crippen LogP contribution in [0.4, 0.5) is 10.1 Å². The number of anilines is 1. The summed E-state index contributed by atoms with van der Waals surface area (Å²) in [4.78, 5) is 2.05. The molecule has 18 heavy (non-hydrogen) atoms. The van der Waals surface area contributed by atoms with Crippen LogP contribution in [0.2, 0.25) is 0 Å². The van der Waals surface area contributed by atoms with Crippen LogP contribution >= 0.6 is 0 Å². The van der Waals surface area contributed by atoms with Crippen molar-refractivity contribution in [1.82, 2.24) is 5.32 Å². The third-order valence-corrected chi connectivity index (χ3v) is 3.15. The van der Waals surface area contributed by atoms with Gasteiger partial charge < -0.3 is 10.2 Å². The standard InChI is InChI=1S/C15H25FN2/c1-4-7-10-17-12-13-8-9-14(16)15(11-13)18(5-2)6-3/h8-9,11,17H,4-7,10,12H2,1-3H3. The predicted octanol–water partition coefficient (Wildman–Crippen LogP) is 3.56. The molecule has 1 N–H and O–H groups in total. The van der Waals surface area contributed by atoms with Crippen molar-refractivity contribution in [2.75, 3.05) is 24.5 Å². The summed E-state index contributed by atoms with van der Waals surface area (Å²) in [5.41, 5.74) is 1.86. The van der Waals surface area contributed by atoms with E-state index in [0.717, 1.165) is 37.4 Å². The van der Waals surface area contributed by atoms with Gasteiger partial charge in [0.1, 0.15) is 5.82 Å². The van der Waals surface area contributed by atoms with Gasteiger partial charge in [0.25, 0.3) is 0 Å². The van der Waals surface area contributed by atoms with Gasteiger partial charge in [-0.1, -0.05) is 19.4 Å². The summed E-state index contributed by atoms with van der Waals surface area (Å²) in [7, 11) is 0. The molecule has 1 aromatic rings. The first-order chi connectivity index (χ1) is 8.72. The number of benzene rings is 1. The lowest BCUT2D eigenvalue weighted by atomic mass is 10.1. The van der Waals surface area contributed by atoms with Crippen LogP contribution in [-0.2, 0) is 6.54 Å². The van der Waals surface area contributed by atoms with Crippen LogP contribution in [0.1, 0.15) is 39.2 Å². The lowest BCUT2D eigenvalue weighted by Gasteiger charge is -2.22. The number of hydrogen-bond donors (Lipinski definition) is 1. The molecule has 0 aliphatic heterocycles. The number of unbranched alkanes of at least 4 members (excludes halogenated alkanes) is 1. The fourth-order valence-corrected chi connectivity index (χ4v) is 2.01. The quantitative estimate of drug-likeness (QED) is 0.712. The van der Waals surface area contributed by atoms with Gasteiger partial charge in [-0.2, -0.15) is 0 Å². The van der Waals surface area contributed by atoms with Crippen molar-refractivity contribution in [2.24, 2.45) is 0 Å². The van der Waals surface area contributed by atoms with Crippen LogP contribution in [-0.4, -0.2) is 19.6 Å². The SMILES string of the molecule is CCCCNCc1ccc(F)c(N(CC)CC)c1. The summed E-state index contributed by atoms with van der Waals surface area (Å²) in [5.74, 6) is -0.129. The van der Waals surface area contributed by atoms with Crippen molar-refractivity contribution in [3.63, 3.8) is 0 Å². The highest BCUT2D eigenvalue weighted by atomic mass is 19.1. The fraction of sp³-hybridized carbons (Fsp3) is 0.600. The number of nitrogens with zero attached hydrogens (tertiary/aromatic N) is 1. The van der Waals surface area contributed by atoms with E-state index >= 15 is 0 Å². The molecule has 0 fully saturated rings. The van der Waals surface area contributed by atoms with Gasteiger partial charge in [-0.25, -0.2) is 4.39 Å². The lowest BCUT2D eigenvalue weighted by molar-refractivity contribution is 0.614. The van der Waals surface area contributed by atoms with E-state index in [0.29, 0.717) is 0 Å². The molecule has 2 nitrogen and oxygen atoms in total. The van der Waals surface area contributed by atoms with Gasteiger partial charge in [-0.3, -0.25) is 0 Å². The molecule has 0 saturated heterocycles. The molecule has 0 aromatic heterocycles. The van der Waals surface area contributed by atoms with Gasteiger partial charge in [0.05, 0.1) is 5.69 Å². The van der Waals surface area contributed by atoms with Crippen LogP contribution in [0.15, 0.2) is 18.2 Å². The predicted molar refractivity (Wildman–Crippen MR) is 76.6 cm³/mol. The molecule has 1 aromatic carbocycles. The van der Waals surface area contributed by atoms with E-state index in [1.54, 1.807) is 6.07 Å². The van der Waals surface area contributed by atoms with Gasteiger partial charge in [0, 0.05) is 19.6 Å². The van der Waals surface area contributed by atoms with Crippen molar-refractivity contribution in [1.29, 1.82) is 0 Å². The highest BCUT2D eigenvalue weighted by molar-refractivity contribution is 5.49. The Balaban J connectivity index is 2.68. The maximum Gasteiger partial charge on any atom is 0.146 e. The van der Waals surface area contributed by atoms with Crippen LogP contribution in [0.3, 0.4) is 0 Å². The molecular formula is C15H25FN2. The van der Waals surface area contributed by atoms with Gasteiger partial charge in [-0.15, -0.1) is 0 Å². The van der Waals surface area contributed by atoms with E-state index in [4.69, 9.17) is 0 Å². The molecule has 0 unspecified atom stereocenters. The number of hydrogen-bond acceptors (Lipinski definition) is 2. The first kappa shape index (κ1) is 15.0. The van der Waals surface area contributed by atoms with E-state index in [2.05, 4.69) is 26.1 Å². The summed E-state index contributed by atoms with van der Waals surface area (Å²) in [6, 6.07) is 5.40. The average molecular weight is 252 g/mol. The molecule has 3 heteroatoms. The average Bonchev–Trinajstić information content (AvgIpc) is 2.39. The Labute approximate surface area is 110 Å². The topological polar surface area (TPSA) is 15.3 Å². The number of halogens is 1. The van der Waals surface area contributed by atoms with Gasteiger partial charge in [0.15, 0.2) is 0 Å². The molecule has 0 aliphatic carbocycles.